The first-order chi connectivity index (χ1) is 11.0. The van der Waals surface area contributed by atoms with Crippen molar-refractivity contribution in [3.8, 4) is 6.07 Å². The summed E-state index contributed by atoms with van der Waals surface area (Å²) in [6.07, 6.45) is 0. The summed E-state index contributed by atoms with van der Waals surface area (Å²) >= 11 is 0. The van der Waals surface area contributed by atoms with Crippen LogP contribution in [0.5, 0.6) is 0 Å². The monoisotopic (exact) mass is 306 g/mol. The molecule has 2 amide bonds. The van der Waals surface area contributed by atoms with Crippen molar-refractivity contribution in [2.75, 3.05) is 4.90 Å². The van der Waals surface area contributed by atoms with Gasteiger partial charge in [0.15, 0.2) is 0 Å². The van der Waals surface area contributed by atoms with E-state index in [1.165, 1.54) is 18.2 Å². The van der Waals surface area contributed by atoms with E-state index >= 15 is 0 Å². The Kier molecular flexibility index (Phi) is 3.19. The molecule has 0 atom stereocenters. The summed E-state index contributed by atoms with van der Waals surface area (Å²) in [5.41, 5.74) is 0.741. The lowest BCUT2D eigenvalue weighted by Crippen LogP contribution is -2.31. The van der Waals surface area contributed by atoms with Gasteiger partial charge in [-0.15, -0.1) is 0 Å². The van der Waals surface area contributed by atoms with E-state index in [1.807, 2.05) is 6.07 Å². The van der Waals surface area contributed by atoms with Crippen LogP contribution >= 0.6 is 0 Å². The third kappa shape index (κ3) is 2.07. The van der Waals surface area contributed by atoms with Gasteiger partial charge in [0, 0.05) is 0 Å². The molecule has 23 heavy (non-hydrogen) atoms. The van der Waals surface area contributed by atoms with E-state index in [4.69, 9.17) is 5.26 Å². The minimum Gasteiger partial charge on any atom is -0.478 e. The van der Waals surface area contributed by atoms with Crippen LogP contribution in [0, 0.1) is 18.3 Å². The number of nitrogens with zero attached hydrogens (tertiary/aromatic N) is 2. The number of benzene rings is 2. The van der Waals surface area contributed by atoms with E-state index in [0.717, 1.165) is 11.0 Å². The number of hydrogen-bond donors (Lipinski definition) is 1. The Bertz CT molecular complexity index is 890. The van der Waals surface area contributed by atoms with Crippen molar-refractivity contribution in [1.82, 2.24) is 0 Å². The first kappa shape index (κ1) is 14.5. The van der Waals surface area contributed by atoms with Crippen LogP contribution in [0.1, 0.15) is 42.2 Å². The summed E-state index contributed by atoms with van der Waals surface area (Å²) in [4.78, 5) is 37.5. The number of carboxylic acids is 1. The van der Waals surface area contributed by atoms with Crippen molar-refractivity contribution in [2.45, 2.75) is 6.92 Å². The average Bonchev–Trinajstić information content (AvgIpc) is 2.79. The number of aromatic carboxylic acids is 1. The maximum Gasteiger partial charge on any atom is 0.337 e. The molecule has 3 rings (SSSR count). The quantitative estimate of drug-likeness (QED) is 0.859. The van der Waals surface area contributed by atoms with Crippen molar-refractivity contribution in [3.05, 3.63) is 64.2 Å². The third-order valence-electron chi connectivity index (χ3n) is 3.68. The molecule has 0 spiro atoms. The molecule has 0 saturated heterocycles. The molecule has 0 bridgehead atoms. The van der Waals surface area contributed by atoms with Gasteiger partial charge < -0.3 is 5.11 Å². The topological polar surface area (TPSA) is 98.5 Å². The van der Waals surface area contributed by atoms with Crippen LogP contribution in [0.4, 0.5) is 5.69 Å². The van der Waals surface area contributed by atoms with E-state index in [-0.39, 0.29) is 27.9 Å². The number of carbonyl (C=O) groups is 3. The van der Waals surface area contributed by atoms with Crippen LogP contribution in [-0.4, -0.2) is 22.9 Å². The Labute approximate surface area is 131 Å². The summed E-state index contributed by atoms with van der Waals surface area (Å²) < 4.78 is 0. The Balaban J connectivity index is 2.25. The molecule has 2 aromatic carbocycles. The molecule has 0 saturated carbocycles. The molecule has 112 valence electrons. The lowest BCUT2D eigenvalue weighted by molar-refractivity contribution is 0.0697. The summed E-state index contributed by atoms with van der Waals surface area (Å²) in [5.74, 6) is -2.45. The van der Waals surface area contributed by atoms with E-state index in [9.17, 15) is 19.5 Å². The highest BCUT2D eigenvalue weighted by Gasteiger charge is 2.39. The number of nitriles is 1. The highest BCUT2D eigenvalue weighted by atomic mass is 16.4. The molecule has 6 nitrogen and oxygen atoms in total. The van der Waals surface area contributed by atoms with E-state index in [2.05, 4.69) is 0 Å². The summed E-state index contributed by atoms with van der Waals surface area (Å²) in [6, 6.07) is 10.8. The number of carbonyl (C=O) groups excluding carboxylic acids is 2. The first-order valence-electron chi connectivity index (χ1n) is 6.71. The summed E-state index contributed by atoms with van der Waals surface area (Å²) in [6.45, 7) is 1.56. The molecule has 6 heteroatoms. The Morgan fingerprint density at radius 3 is 2.17 bits per heavy atom. The third-order valence-corrected chi connectivity index (χ3v) is 3.68. The zero-order valence-electron chi connectivity index (χ0n) is 12.0. The van der Waals surface area contributed by atoms with Crippen LogP contribution < -0.4 is 4.90 Å². The normalized spacial score (nSPS) is 13.0. The Morgan fingerprint density at radius 2 is 1.70 bits per heavy atom. The maximum absolute atomic E-state index is 12.5. The fourth-order valence-corrected chi connectivity index (χ4v) is 2.70. The second-order valence-corrected chi connectivity index (χ2v) is 5.10. The standard InChI is InChI=1S/C17H10N2O4/c1-9-6-10(8-18)7-13(17(22)23)14(9)19-15(20)11-4-2-3-5-12(11)16(19)21/h2-7H,1H3,(H,22,23). The minimum absolute atomic E-state index is 0.00250. The highest BCUT2D eigenvalue weighted by Crippen LogP contribution is 2.34. The molecular formula is C17H10N2O4. The molecule has 0 radical (unpaired) electrons. The van der Waals surface area contributed by atoms with Crippen LogP contribution in [0.25, 0.3) is 0 Å². The zero-order chi connectivity index (χ0) is 16.7. The highest BCUT2D eigenvalue weighted by molar-refractivity contribution is 6.35. The van der Waals surface area contributed by atoms with Gasteiger partial charge in [-0.2, -0.15) is 5.26 Å². The number of fused-ring (bicyclic) bond motifs is 1. The lowest BCUT2D eigenvalue weighted by Gasteiger charge is -2.19. The molecule has 1 aliphatic heterocycles. The number of carboxylic acid groups (broad SMARTS) is 1. The van der Waals surface area contributed by atoms with Crippen molar-refractivity contribution in [2.24, 2.45) is 0 Å². The van der Waals surface area contributed by atoms with Crippen LogP contribution in [0.2, 0.25) is 0 Å². The van der Waals surface area contributed by atoms with Gasteiger partial charge in [-0.25, -0.2) is 9.69 Å². The minimum atomic E-state index is -1.31. The largest absolute Gasteiger partial charge is 0.478 e. The fraction of sp³-hybridized carbons (Fsp3) is 0.0588. The number of hydrogen-bond acceptors (Lipinski definition) is 4. The van der Waals surface area contributed by atoms with Gasteiger partial charge >= 0.3 is 5.97 Å². The molecule has 0 aromatic heterocycles. The van der Waals surface area contributed by atoms with Crippen LogP contribution in [0.15, 0.2) is 36.4 Å². The molecular weight excluding hydrogens is 296 g/mol. The van der Waals surface area contributed by atoms with E-state index < -0.39 is 17.8 Å². The van der Waals surface area contributed by atoms with E-state index in [0.29, 0.717) is 5.56 Å². The van der Waals surface area contributed by atoms with Crippen molar-refractivity contribution in [1.29, 1.82) is 5.26 Å². The molecule has 1 aliphatic rings. The first-order valence-corrected chi connectivity index (χ1v) is 6.71. The predicted octanol–water partition coefficient (Wildman–Crippen LogP) is 2.37. The molecule has 1 N–H and O–H groups in total. The molecule has 0 fully saturated rings. The number of amides is 2. The van der Waals surface area contributed by atoms with Gasteiger partial charge in [0.1, 0.15) is 0 Å². The second kappa shape index (κ2) is 5.07. The second-order valence-electron chi connectivity index (χ2n) is 5.10. The van der Waals surface area contributed by atoms with Crippen molar-refractivity contribution >= 4 is 23.5 Å². The SMILES string of the molecule is Cc1cc(C#N)cc(C(=O)O)c1N1C(=O)c2ccccc2C1=O. The Morgan fingerprint density at radius 1 is 1.13 bits per heavy atom. The number of imide groups is 1. The lowest BCUT2D eigenvalue weighted by atomic mass is 10.0. The van der Waals surface area contributed by atoms with Crippen LogP contribution in [-0.2, 0) is 0 Å². The summed E-state index contributed by atoms with van der Waals surface area (Å²) in [7, 11) is 0. The molecule has 0 aliphatic carbocycles. The van der Waals surface area contributed by atoms with E-state index in [1.54, 1.807) is 19.1 Å². The fourth-order valence-electron chi connectivity index (χ4n) is 2.70. The predicted molar refractivity (Wildman–Crippen MR) is 80.4 cm³/mol. The number of rotatable bonds is 2. The van der Waals surface area contributed by atoms with Gasteiger partial charge in [0.05, 0.1) is 34.0 Å². The van der Waals surface area contributed by atoms with Crippen molar-refractivity contribution in [3.63, 3.8) is 0 Å². The smallest absolute Gasteiger partial charge is 0.337 e. The van der Waals surface area contributed by atoms with Crippen molar-refractivity contribution < 1.29 is 19.5 Å². The molecule has 1 heterocycles. The molecule has 2 aromatic rings. The van der Waals surface area contributed by atoms with Crippen LogP contribution in [0.3, 0.4) is 0 Å². The van der Waals surface area contributed by atoms with Gasteiger partial charge in [-0.3, -0.25) is 9.59 Å². The van der Waals surface area contributed by atoms with Gasteiger partial charge in [0.25, 0.3) is 11.8 Å². The van der Waals surface area contributed by atoms with Gasteiger partial charge in [-0.1, -0.05) is 12.1 Å². The molecule has 0 unspecified atom stereocenters. The summed E-state index contributed by atoms with van der Waals surface area (Å²) in [5, 5.41) is 18.4. The Hall–Kier alpha value is -3.46. The average molecular weight is 306 g/mol. The van der Waals surface area contributed by atoms with Gasteiger partial charge in [0.2, 0.25) is 0 Å². The zero-order valence-corrected chi connectivity index (χ0v) is 12.0. The number of aryl methyl sites for hydroxylation is 1. The maximum atomic E-state index is 12.5. The van der Waals surface area contributed by atoms with Gasteiger partial charge in [-0.05, 0) is 36.8 Å². The number of anilines is 1.